The summed E-state index contributed by atoms with van der Waals surface area (Å²) in [5, 5.41) is 10.3. The molecule has 2 aromatic rings. The number of carbonyl (C=O) groups is 1. The van der Waals surface area contributed by atoms with Crippen molar-refractivity contribution in [1.29, 1.82) is 0 Å². The van der Waals surface area contributed by atoms with Crippen molar-refractivity contribution < 1.29 is 24.3 Å². The molecule has 0 radical (unpaired) electrons. The molecule has 0 fully saturated rings. The highest BCUT2D eigenvalue weighted by Crippen LogP contribution is 2.39. The Morgan fingerprint density at radius 3 is 2.42 bits per heavy atom. The number of methoxy groups -OCH3 is 1. The summed E-state index contributed by atoms with van der Waals surface area (Å²) < 4.78 is 11.0. The maximum Gasteiger partial charge on any atom is 0.231 e. The number of ether oxygens (including phenoxy) is 2. The molecule has 0 aliphatic carbocycles. The standard InChI is InChI=1S/C21H23NO4/c1-4-22(5-2)13-17-18(23)11-10-16-20(24)19(26-21(16)17)12-14-6-8-15(25-3)9-7-14/h6-12,23H,4-5,13H2,1-3H3/p+1. The van der Waals surface area contributed by atoms with Gasteiger partial charge in [-0.2, -0.15) is 0 Å². The molecule has 1 aliphatic rings. The number of ketones is 1. The van der Waals surface area contributed by atoms with Crippen molar-refractivity contribution in [3.63, 3.8) is 0 Å². The molecule has 0 amide bonds. The molecule has 5 nitrogen and oxygen atoms in total. The number of phenols is 1. The van der Waals surface area contributed by atoms with Crippen LogP contribution in [0.15, 0.2) is 42.2 Å². The SMILES string of the molecule is CC[NH+](CC)Cc1c(O)ccc2c1OC(=Cc1ccc(OC)cc1)C2=O. The van der Waals surface area contributed by atoms with E-state index in [-0.39, 0.29) is 17.3 Å². The van der Waals surface area contributed by atoms with Gasteiger partial charge in [0.1, 0.15) is 18.0 Å². The number of quaternary nitrogens is 1. The highest BCUT2D eigenvalue weighted by atomic mass is 16.5. The van der Waals surface area contributed by atoms with Gasteiger partial charge < -0.3 is 19.5 Å². The third-order valence-electron chi connectivity index (χ3n) is 4.76. The smallest absolute Gasteiger partial charge is 0.231 e. The molecule has 2 N–H and O–H groups in total. The van der Waals surface area contributed by atoms with Crippen LogP contribution >= 0.6 is 0 Å². The maximum absolute atomic E-state index is 12.7. The Bertz CT molecular complexity index is 836. The van der Waals surface area contributed by atoms with E-state index in [2.05, 4.69) is 13.8 Å². The lowest BCUT2D eigenvalue weighted by Crippen LogP contribution is -3.10. The average Bonchev–Trinajstić information content (AvgIpc) is 2.97. The van der Waals surface area contributed by atoms with Gasteiger partial charge in [0.05, 0.1) is 31.3 Å². The number of Topliss-reactive ketones (excluding diaryl/α,β-unsaturated/α-hetero) is 1. The molecule has 0 atom stereocenters. The molecule has 26 heavy (non-hydrogen) atoms. The fourth-order valence-electron chi connectivity index (χ4n) is 3.07. The zero-order valence-corrected chi connectivity index (χ0v) is 15.3. The molecule has 0 saturated heterocycles. The number of hydrogen-bond acceptors (Lipinski definition) is 4. The molecular formula is C21H24NO4+. The van der Waals surface area contributed by atoms with E-state index in [0.717, 1.165) is 24.4 Å². The number of aromatic hydroxyl groups is 1. The minimum atomic E-state index is -0.161. The summed E-state index contributed by atoms with van der Waals surface area (Å²) >= 11 is 0. The number of rotatable bonds is 6. The number of fused-ring (bicyclic) bond motifs is 1. The first-order valence-corrected chi connectivity index (χ1v) is 8.84. The summed E-state index contributed by atoms with van der Waals surface area (Å²) in [5.41, 5.74) is 2.04. The first-order valence-electron chi connectivity index (χ1n) is 8.84. The molecule has 0 spiro atoms. The van der Waals surface area contributed by atoms with E-state index in [4.69, 9.17) is 9.47 Å². The van der Waals surface area contributed by atoms with Gasteiger partial charge in [0.25, 0.3) is 0 Å². The zero-order valence-electron chi connectivity index (χ0n) is 15.3. The van der Waals surface area contributed by atoms with Crippen molar-refractivity contribution in [2.45, 2.75) is 20.4 Å². The van der Waals surface area contributed by atoms with Crippen LogP contribution in [-0.4, -0.2) is 31.1 Å². The molecule has 136 valence electrons. The van der Waals surface area contributed by atoms with Crippen molar-refractivity contribution >= 4 is 11.9 Å². The first kappa shape index (κ1) is 18.0. The van der Waals surface area contributed by atoms with Crippen LogP contribution in [0.5, 0.6) is 17.2 Å². The lowest BCUT2D eigenvalue weighted by Gasteiger charge is -2.17. The monoisotopic (exact) mass is 354 g/mol. The second kappa shape index (κ2) is 7.62. The number of benzene rings is 2. The molecule has 2 aromatic carbocycles. The van der Waals surface area contributed by atoms with Crippen molar-refractivity contribution in [3.8, 4) is 17.2 Å². The van der Waals surface area contributed by atoms with Crippen molar-refractivity contribution in [2.24, 2.45) is 0 Å². The van der Waals surface area contributed by atoms with Gasteiger partial charge in [-0.3, -0.25) is 4.79 Å². The van der Waals surface area contributed by atoms with E-state index in [9.17, 15) is 9.90 Å². The molecule has 0 bridgehead atoms. The minimum absolute atomic E-state index is 0.161. The average molecular weight is 354 g/mol. The molecule has 1 aliphatic heterocycles. The molecule has 1 heterocycles. The molecule has 3 rings (SSSR count). The molecule has 0 aromatic heterocycles. The van der Waals surface area contributed by atoms with E-state index < -0.39 is 0 Å². The summed E-state index contributed by atoms with van der Waals surface area (Å²) in [6.45, 7) is 6.68. The van der Waals surface area contributed by atoms with Crippen molar-refractivity contribution in [2.75, 3.05) is 20.2 Å². The Morgan fingerprint density at radius 2 is 1.81 bits per heavy atom. The number of hydrogen-bond donors (Lipinski definition) is 2. The van der Waals surface area contributed by atoms with Gasteiger partial charge in [-0.25, -0.2) is 0 Å². The zero-order chi connectivity index (χ0) is 18.7. The first-order chi connectivity index (χ1) is 12.6. The van der Waals surface area contributed by atoms with Crippen LogP contribution in [0.2, 0.25) is 0 Å². The van der Waals surface area contributed by atoms with E-state index in [1.807, 2.05) is 24.3 Å². The number of phenolic OH excluding ortho intramolecular Hbond substituents is 1. The second-order valence-corrected chi connectivity index (χ2v) is 6.29. The van der Waals surface area contributed by atoms with Crippen LogP contribution in [0.1, 0.15) is 35.3 Å². The Labute approximate surface area is 153 Å². The lowest BCUT2D eigenvalue weighted by atomic mass is 10.0. The third-order valence-corrected chi connectivity index (χ3v) is 4.76. The van der Waals surface area contributed by atoms with Crippen molar-refractivity contribution in [1.82, 2.24) is 0 Å². The third kappa shape index (κ3) is 3.44. The van der Waals surface area contributed by atoms with E-state index in [1.54, 1.807) is 25.3 Å². The Morgan fingerprint density at radius 1 is 1.12 bits per heavy atom. The van der Waals surface area contributed by atoms with Crippen LogP contribution in [0, 0.1) is 0 Å². The quantitative estimate of drug-likeness (QED) is 0.783. The molecule has 5 heteroatoms. The maximum atomic E-state index is 12.7. The summed E-state index contributed by atoms with van der Waals surface area (Å²) in [6, 6.07) is 10.6. The molecule has 0 saturated carbocycles. The summed E-state index contributed by atoms with van der Waals surface area (Å²) in [4.78, 5) is 14.0. The van der Waals surface area contributed by atoms with Gasteiger partial charge in [-0.05, 0) is 49.8 Å². The minimum Gasteiger partial charge on any atom is -0.507 e. The lowest BCUT2D eigenvalue weighted by molar-refractivity contribution is -0.910. The van der Waals surface area contributed by atoms with Gasteiger partial charge in [0.15, 0.2) is 11.5 Å². The molecule has 0 unspecified atom stereocenters. The van der Waals surface area contributed by atoms with Gasteiger partial charge in [0, 0.05) is 0 Å². The number of allylic oxidation sites excluding steroid dienone is 1. The highest BCUT2D eigenvalue weighted by molar-refractivity contribution is 6.14. The number of nitrogens with one attached hydrogen (secondary N) is 1. The molecular weight excluding hydrogens is 330 g/mol. The summed E-state index contributed by atoms with van der Waals surface area (Å²) in [6.07, 6.45) is 1.72. The Kier molecular flexibility index (Phi) is 5.28. The normalized spacial score (nSPS) is 14.6. The number of carbonyl (C=O) groups excluding carboxylic acids is 1. The largest absolute Gasteiger partial charge is 0.507 e. The topological polar surface area (TPSA) is 60.2 Å². The van der Waals surface area contributed by atoms with Crippen LogP contribution in [-0.2, 0) is 6.54 Å². The van der Waals surface area contributed by atoms with Gasteiger partial charge in [-0.15, -0.1) is 0 Å². The Balaban J connectivity index is 1.93. The summed E-state index contributed by atoms with van der Waals surface area (Å²) in [7, 11) is 1.61. The van der Waals surface area contributed by atoms with Crippen LogP contribution in [0.3, 0.4) is 0 Å². The van der Waals surface area contributed by atoms with E-state index in [0.29, 0.717) is 23.4 Å². The second-order valence-electron chi connectivity index (χ2n) is 6.29. The predicted molar refractivity (Wildman–Crippen MR) is 99.8 cm³/mol. The summed E-state index contributed by atoms with van der Waals surface area (Å²) in [5.74, 6) is 1.51. The van der Waals surface area contributed by atoms with E-state index in [1.165, 1.54) is 4.90 Å². The fourth-order valence-corrected chi connectivity index (χ4v) is 3.07. The van der Waals surface area contributed by atoms with Gasteiger partial charge in [-0.1, -0.05) is 12.1 Å². The van der Waals surface area contributed by atoms with Gasteiger partial charge in [0.2, 0.25) is 5.78 Å². The Hall–Kier alpha value is -2.79. The predicted octanol–water partition coefficient (Wildman–Crippen LogP) is 2.44. The van der Waals surface area contributed by atoms with E-state index >= 15 is 0 Å². The highest BCUT2D eigenvalue weighted by Gasteiger charge is 2.32. The van der Waals surface area contributed by atoms with Crippen LogP contribution in [0.4, 0.5) is 0 Å². The van der Waals surface area contributed by atoms with Gasteiger partial charge >= 0.3 is 0 Å². The van der Waals surface area contributed by atoms with Crippen LogP contribution < -0.4 is 14.4 Å². The fraction of sp³-hybridized carbons (Fsp3) is 0.286. The van der Waals surface area contributed by atoms with Crippen LogP contribution in [0.25, 0.3) is 6.08 Å². The van der Waals surface area contributed by atoms with Crippen molar-refractivity contribution in [3.05, 3.63) is 58.8 Å².